The fraction of sp³-hybridized carbons (Fsp3) is 0.438. The Kier molecular flexibility index (Phi) is 5.56. The molecule has 2 rings (SSSR count). The minimum atomic E-state index is -0.906. The van der Waals surface area contributed by atoms with Crippen LogP contribution in [0.4, 0.5) is 0 Å². The van der Waals surface area contributed by atoms with E-state index in [1.807, 2.05) is 0 Å². The number of carbonyl (C=O) groups excluding carboxylic acids is 3. The first-order chi connectivity index (χ1) is 11.0. The van der Waals surface area contributed by atoms with Gasteiger partial charge in [0.05, 0.1) is 18.7 Å². The maximum atomic E-state index is 12.1. The third-order valence-electron chi connectivity index (χ3n) is 3.56. The molecule has 0 aromatic carbocycles. The minimum Gasteiger partial charge on any atom is -0.467 e. The number of furan rings is 1. The molecule has 0 unspecified atom stereocenters. The highest BCUT2D eigenvalue weighted by molar-refractivity contribution is 5.88. The molecule has 2 atom stereocenters. The Balaban J connectivity index is 1.85. The van der Waals surface area contributed by atoms with Gasteiger partial charge in [0.15, 0.2) is 6.10 Å². The van der Waals surface area contributed by atoms with Crippen molar-refractivity contribution in [2.45, 2.75) is 26.0 Å². The molecule has 1 aliphatic heterocycles. The first-order valence-electron chi connectivity index (χ1n) is 7.40. The van der Waals surface area contributed by atoms with Crippen molar-refractivity contribution >= 4 is 17.8 Å². The van der Waals surface area contributed by atoms with Gasteiger partial charge in [-0.2, -0.15) is 0 Å². The summed E-state index contributed by atoms with van der Waals surface area (Å²) in [5.74, 6) is -0.972. The van der Waals surface area contributed by atoms with Gasteiger partial charge in [-0.1, -0.05) is 6.08 Å². The van der Waals surface area contributed by atoms with E-state index < -0.39 is 23.9 Å². The smallest absolute Gasteiger partial charge is 0.312 e. The van der Waals surface area contributed by atoms with E-state index >= 15 is 0 Å². The Bertz CT molecular complexity index is 581. The summed E-state index contributed by atoms with van der Waals surface area (Å²) in [6.07, 6.45) is 2.25. The van der Waals surface area contributed by atoms with Gasteiger partial charge in [-0.05, 0) is 19.1 Å². The summed E-state index contributed by atoms with van der Waals surface area (Å²) < 4.78 is 10.3. The molecule has 2 heterocycles. The lowest BCUT2D eigenvalue weighted by molar-refractivity contribution is -0.158. The summed E-state index contributed by atoms with van der Waals surface area (Å²) in [6, 6.07) is 3.51. The molecule has 1 fully saturated rings. The van der Waals surface area contributed by atoms with Crippen molar-refractivity contribution in [2.24, 2.45) is 5.92 Å². The molecule has 0 saturated carbocycles. The van der Waals surface area contributed by atoms with Crippen LogP contribution in [0.1, 0.15) is 19.1 Å². The fourth-order valence-corrected chi connectivity index (χ4v) is 2.31. The Morgan fingerprint density at radius 1 is 1.61 bits per heavy atom. The molecule has 1 N–H and O–H groups in total. The monoisotopic (exact) mass is 320 g/mol. The average molecular weight is 320 g/mol. The van der Waals surface area contributed by atoms with Crippen molar-refractivity contribution in [3.63, 3.8) is 0 Å². The summed E-state index contributed by atoms with van der Waals surface area (Å²) >= 11 is 0. The molecule has 0 bridgehead atoms. The molecule has 1 aliphatic rings. The normalized spacial score (nSPS) is 18.6. The molecule has 0 radical (unpaired) electrons. The van der Waals surface area contributed by atoms with Crippen molar-refractivity contribution in [3.05, 3.63) is 36.8 Å². The van der Waals surface area contributed by atoms with Gasteiger partial charge in [0.2, 0.25) is 5.91 Å². The first kappa shape index (κ1) is 16.8. The average Bonchev–Trinajstić information content (AvgIpc) is 3.15. The van der Waals surface area contributed by atoms with E-state index in [1.54, 1.807) is 17.0 Å². The molecular weight excluding hydrogens is 300 g/mol. The molecular formula is C16H20N2O5. The number of hydrogen-bond acceptors (Lipinski definition) is 5. The highest BCUT2D eigenvalue weighted by Gasteiger charge is 2.36. The number of ether oxygens (including phenoxy) is 1. The van der Waals surface area contributed by atoms with Crippen LogP contribution in [0.15, 0.2) is 35.5 Å². The third kappa shape index (κ3) is 4.45. The molecule has 7 heteroatoms. The van der Waals surface area contributed by atoms with Crippen molar-refractivity contribution in [3.8, 4) is 0 Å². The van der Waals surface area contributed by atoms with Crippen molar-refractivity contribution < 1.29 is 23.5 Å². The quantitative estimate of drug-likeness (QED) is 0.594. The van der Waals surface area contributed by atoms with Gasteiger partial charge in [0.25, 0.3) is 5.91 Å². The molecule has 0 spiro atoms. The van der Waals surface area contributed by atoms with E-state index in [4.69, 9.17) is 9.15 Å². The van der Waals surface area contributed by atoms with Crippen LogP contribution in [0.25, 0.3) is 0 Å². The number of nitrogens with one attached hydrogen (secondary N) is 1. The molecule has 1 saturated heterocycles. The van der Waals surface area contributed by atoms with Crippen LogP contribution in [-0.4, -0.2) is 41.9 Å². The molecule has 7 nitrogen and oxygen atoms in total. The molecule has 1 aromatic rings. The summed E-state index contributed by atoms with van der Waals surface area (Å²) in [5, 5.41) is 2.55. The van der Waals surface area contributed by atoms with Gasteiger partial charge < -0.3 is 19.4 Å². The van der Waals surface area contributed by atoms with Gasteiger partial charge in [-0.15, -0.1) is 6.58 Å². The summed E-state index contributed by atoms with van der Waals surface area (Å²) in [7, 11) is 0. The van der Waals surface area contributed by atoms with Crippen LogP contribution in [-0.2, 0) is 25.7 Å². The Labute approximate surface area is 134 Å². The highest BCUT2D eigenvalue weighted by Crippen LogP contribution is 2.22. The number of esters is 1. The molecule has 1 aromatic heterocycles. The third-order valence-corrected chi connectivity index (χ3v) is 3.56. The summed E-state index contributed by atoms with van der Waals surface area (Å²) in [4.78, 5) is 37.3. The zero-order chi connectivity index (χ0) is 16.8. The largest absolute Gasteiger partial charge is 0.467 e. The van der Waals surface area contributed by atoms with Crippen LogP contribution in [0, 0.1) is 5.92 Å². The second-order valence-electron chi connectivity index (χ2n) is 5.37. The predicted octanol–water partition coefficient (Wildman–Crippen LogP) is 0.862. The lowest BCUT2D eigenvalue weighted by atomic mass is 10.1. The number of carbonyl (C=O) groups is 3. The number of amides is 2. The highest BCUT2D eigenvalue weighted by atomic mass is 16.5. The van der Waals surface area contributed by atoms with Gasteiger partial charge in [0.1, 0.15) is 5.76 Å². The number of hydrogen-bond donors (Lipinski definition) is 1. The standard InChI is InChI=1S/C16H20N2O5/c1-3-6-17-15(20)11(2)23-16(21)12-8-14(19)18(9-12)10-13-5-4-7-22-13/h3-5,7,11-12H,1,6,8-10H2,2H3,(H,17,20)/t11-,12-/m1/s1. The number of rotatable bonds is 7. The van der Waals surface area contributed by atoms with Gasteiger partial charge in [-0.25, -0.2) is 0 Å². The zero-order valence-electron chi connectivity index (χ0n) is 13.0. The molecule has 23 heavy (non-hydrogen) atoms. The van der Waals surface area contributed by atoms with Crippen molar-refractivity contribution in [1.82, 2.24) is 10.2 Å². The van der Waals surface area contributed by atoms with Crippen LogP contribution < -0.4 is 5.32 Å². The maximum Gasteiger partial charge on any atom is 0.312 e. The second kappa shape index (κ2) is 7.62. The maximum absolute atomic E-state index is 12.1. The van der Waals surface area contributed by atoms with Crippen LogP contribution >= 0.6 is 0 Å². The number of likely N-dealkylation sites (tertiary alicyclic amines) is 1. The summed E-state index contributed by atoms with van der Waals surface area (Å²) in [5.41, 5.74) is 0. The van der Waals surface area contributed by atoms with Crippen molar-refractivity contribution in [1.29, 1.82) is 0 Å². The fourth-order valence-electron chi connectivity index (χ4n) is 2.31. The SMILES string of the molecule is C=CCNC(=O)[C@@H](C)OC(=O)[C@@H]1CC(=O)N(Cc2ccco2)C1. The topological polar surface area (TPSA) is 88.8 Å². The molecule has 124 valence electrons. The predicted molar refractivity (Wildman–Crippen MR) is 81.0 cm³/mol. The van der Waals surface area contributed by atoms with E-state index in [1.165, 1.54) is 19.3 Å². The Morgan fingerprint density at radius 2 is 2.39 bits per heavy atom. The van der Waals surface area contributed by atoms with Gasteiger partial charge in [-0.3, -0.25) is 14.4 Å². The van der Waals surface area contributed by atoms with E-state index in [9.17, 15) is 14.4 Å². The van der Waals surface area contributed by atoms with Gasteiger partial charge in [0, 0.05) is 19.5 Å². The lowest BCUT2D eigenvalue weighted by Gasteiger charge is -2.17. The van der Waals surface area contributed by atoms with Crippen molar-refractivity contribution in [2.75, 3.05) is 13.1 Å². The summed E-state index contributed by atoms with van der Waals surface area (Å²) in [6.45, 7) is 5.88. The van der Waals surface area contributed by atoms with Gasteiger partial charge >= 0.3 is 5.97 Å². The van der Waals surface area contributed by atoms with E-state index in [-0.39, 0.29) is 18.9 Å². The van der Waals surface area contributed by atoms with Crippen LogP contribution in [0.5, 0.6) is 0 Å². The van der Waals surface area contributed by atoms with E-state index in [0.717, 1.165) is 0 Å². The van der Waals surface area contributed by atoms with E-state index in [2.05, 4.69) is 11.9 Å². The lowest BCUT2D eigenvalue weighted by Crippen LogP contribution is -2.37. The Morgan fingerprint density at radius 3 is 3.04 bits per heavy atom. The number of nitrogens with zero attached hydrogens (tertiary/aromatic N) is 1. The zero-order valence-corrected chi connectivity index (χ0v) is 13.0. The van der Waals surface area contributed by atoms with E-state index in [0.29, 0.717) is 18.8 Å². The first-order valence-corrected chi connectivity index (χ1v) is 7.40. The molecule has 0 aliphatic carbocycles. The molecule has 2 amide bonds. The second-order valence-corrected chi connectivity index (χ2v) is 5.37. The van der Waals surface area contributed by atoms with Crippen LogP contribution in [0.2, 0.25) is 0 Å². The Hall–Kier alpha value is -2.57. The van der Waals surface area contributed by atoms with Crippen LogP contribution in [0.3, 0.4) is 0 Å². The minimum absolute atomic E-state index is 0.0839.